The molecule has 1 heterocycles. The number of rotatable bonds is 5. The molecule has 0 saturated carbocycles. The Morgan fingerprint density at radius 2 is 2.04 bits per heavy atom. The third-order valence-corrected chi connectivity index (χ3v) is 5.40. The topological polar surface area (TPSA) is 43.6 Å². The van der Waals surface area contributed by atoms with Crippen molar-refractivity contribution in [1.82, 2.24) is 4.57 Å². The number of fused-ring (bicyclic) bond motifs is 1. The lowest BCUT2D eigenvalue weighted by Gasteiger charge is -2.04. The maximum atomic E-state index is 12.5. The van der Waals surface area contributed by atoms with E-state index in [1.165, 1.54) is 22.5 Å². The van der Waals surface area contributed by atoms with Gasteiger partial charge < -0.3 is 9.30 Å². The molecule has 0 bridgehead atoms. The minimum Gasteiger partial charge on any atom is -0.494 e. The first-order valence-corrected chi connectivity index (χ1v) is 9.66. The minimum atomic E-state index is -0.180. The lowest BCUT2D eigenvalue weighted by Crippen LogP contribution is -2.17. The molecule has 0 saturated heterocycles. The molecular formula is C22H22N2O2S. The van der Waals surface area contributed by atoms with Crippen LogP contribution in [0.2, 0.25) is 0 Å². The van der Waals surface area contributed by atoms with Crippen LogP contribution >= 0.6 is 11.3 Å². The Morgan fingerprint density at radius 3 is 2.74 bits per heavy atom. The number of terminal acetylenes is 1. The molecule has 0 atom stereocenters. The molecule has 3 rings (SSSR count). The summed E-state index contributed by atoms with van der Waals surface area (Å²) in [6.45, 7) is 7.02. The normalized spacial score (nSPS) is 11.6. The number of hydrogen-bond acceptors (Lipinski definition) is 3. The minimum absolute atomic E-state index is 0.180. The molecule has 2 aromatic carbocycles. The lowest BCUT2D eigenvalue weighted by atomic mass is 10.0. The molecular weight excluding hydrogens is 356 g/mol. The molecule has 0 fully saturated rings. The number of benzene rings is 2. The van der Waals surface area contributed by atoms with E-state index in [4.69, 9.17) is 11.2 Å². The van der Waals surface area contributed by atoms with E-state index >= 15 is 0 Å². The maximum Gasteiger partial charge on any atom is 0.252 e. The number of aryl methyl sites for hydroxylation is 2. The third kappa shape index (κ3) is 4.29. The zero-order valence-electron chi connectivity index (χ0n) is 15.8. The molecule has 0 aliphatic rings. The van der Waals surface area contributed by atoms with Gasteiger partial charge in [-0.1, -0.05) is 35.5 Å². The Hall–Kier alpha value is -2.84. The van der Waals surface area contributed by atoms with Gasteiger partial charge in [0, 0.05) is 0 Å². The second-order valence-electron chi connectivity index (χ2n) is 6.34. The quantitative estimate of drug-likeness (QED) is 0.630. The first-order valence-electron chi connectivity index (χ1n) is 8.85. The fourth-order valence-corrected chi connectivity index (χ4v) is 3.95. The molecule has 0 unspecified atom stereocenters. The Morgan fingerprint density at radius 1 is 1.22 bits per heavy atom. The first kappa shape index (κ1) is 18.9. The fraction of sp³-hybridized carbons (Fsp3) is 0.273. The summed E-state index contributed by atoms with van der Waals surface area (Å²) in [6, 6.07) is 11.9. The van der Waals surface area contributed by atoms with E-state index in [0.717, 1.165) is 21.5 Å². The van der Waals surface area contributed by atoms with Crippen LogP contribution in [-0.2, 0) is 17.8 Å². The Labute approximate surface area is 163 Å². The van der Waals surface area contributed by atoms with Crippen LogP contribution in [0.5, 0.6) is 5.75 Å². The van der Waals surface area contributed by atoms with Crippen molar-refractivity contribution in [2.75, 3.05) is 6.61 Å². The smallest absolute Gasteiger partial charge is 0.252 e. The SMILES string of the molecule is C#CCn1c(=NC(=O)Cc2ccc(C)c(C)c2)sc2cc(OCC)ccc21. The highest BCUT2D eigenvalue weighted by atomic mass is 32.1. The van der Waals surface area contributed by atoms with Crippen molar-refractivity contribution in [3.05, 3.63) is 57.9 Å². The van der Waals surface area contributed by atoms with Crippen molar-refractivity contribution in [2.24, 2.45) is 4.99 Å². The molecule has 0 radical (unpaired) electrons. The van der Waals surface area contributed by atoms with Crippen LogP contribution < -0.4 is 9.54 Å². The summed E-state index contributed by atoms with van der Waals surface area (Å²) in [5.74, 6) is 3.26. The molecule has 1 aromatic heterocycles. The Kier molecular flexibility index (Phi) is 5.78. The number of aromatic nitrogens is 1. The summed E-state index contributed by atoms with van der Waals surface area (Å²) < 4.78 is 8.45. The molecule has 3 aromatic rings. The molecule has 1 amide bonds. The van der Waals surface area contributed by atoms with Crippen LogP contribution in [0.15, 0.2) is 41.4 Å². The summed E-state index contributed by atoms with van der Waals surface area (Å²) in [6.07, 6.45) is 5.80. The number of nitrogens with zero attached hydrogens (tertiary/aromatic N) is 2. The molecule has 0 aliphatic carbocycles. The van der Waals surface area contributed by atoms with Crippen molar-refractivity contribution in [3.63, 3.8) is 0 Å². The number of thiazole rings is 1. The summed E-state index contributed by atoms with van der Waals surface area (Å²) in [5.41, 5.74) is 4.31. The van der Waals surface area contributed by atoms with Gasteiger partial charge in [0.25, 0.3) is 5.91 Å². The third-order valence-electron chi connectivity index (χ3n) is 4.36. The van der Waals surface area contributed by atoms with E-state index in [2.05, 4.69) is 17.8 Å². The molecule has 4 nitrogen and oxygen atoms in total. The van der Waals surface area contributed by atoms with Crippen molar-refractivity contribution in [3.8, 4) is 18.1 Å². The van der Waals surface area contributed by atoms with Gasteiger partial charge >= 0.3 is 0 Å². The fourth-order valence-electron chi connectivity index (χ4n) is 2.87. The number of ether oxygens (including phenoxy) is 1. The van der Waals surface area contributed by atoms with Crippen LogP contribution in [0.25, 0.3) is 10.2 Å². The summed E-state index contributed by atoms with van der Waals surface area (Å²) in [7, 11) is 0. The summed E-state index contributed by atoms with van der Waals surface area (Å²) in [4.78, 5) is 17.5. The van der Waals surface area contributed by atoms with Gasteiger partial charge in [0.1, 0.15) is 5.75 Å². The van der Waals surface area contributed by atoms with Gasteiger partial charge in [-0.3, -0.25) is 4.79 Å². The average Bonchev–Trinajstić information content (AvgIpc) is 2.95. The summed E-state index contributed by atoms with van der Waals surface area (Å²) >= 11 is 1.45. The van der Waals surface area contributed by atoms with E-state index in [0.29, 0.717) is 18.0 Å². The number of hydrogen-bond donors (Lipinski definition) is 0. The van der Waals surface area contributed by atoms with Gasteiger partial charge in [0.15, 0.2) is 4.80 Å². The summed E-state index contributed by atoms with van der Waals surface area (Å²) in [5, 5.41) is 0. The second-order valence-corrected chi connectivity index (χ2v) is 7.35. The van der Waals surface area contributed by atoms with Crippen LogP contribution in [-0.4, -0.2) is 17.1 Å². The van der Waals surface area contributed by atoms with Gasteiger partial charge in [0.2, 0.25) is 0 Å². The van der Waals surface area contributed by atoms with Gasteiger partial charge in [-0.15, -0.1) is 6.42 Å². The predicted octanol–water partition coefficient (Wildman–Crippen LogP) is 4.02. The van der Waals surface area contributed by atoms with Crippen LogP contribution in [0.4, 0.5) is 0 Å². The highest BCUT2D eigenvalue weighted by Gasteiger charge is 2.09. The molecule has 138 valence electrons. The van der Waals surface area contributed by atoms with Gasteiger partial charge in [0.05, 0.1) is 29.8 Å². The van der Waals surface area contributed by atoms with Crippen LogP contribution in [0.1, 0.15) is 23.6 Å². The molecule has 0 spiro atoms. The molecule has 0 aliphatic heterocycles. The van der Waals surface area contributed by atoms with E-state index in [1.54, 1.807) is 0 Å². The van der Waals surface area contributed by atoms with E-state index in [1.807, 2.05) is 54.8 Å². The van der Waals surface area contributed by atoms with Crippen molar-refractivity contribution >= 4 is 27.5 Å². The zero-order valence-corrected chi connectivity index (χ0v) is 16.6. The molecule has 5 heteroatoms. The lowest BCUT2D eigenvalue weighted by molar-refractivity contribution is -0.117. The van der Waals surface area contributed by atoms with Gasteiger partial charge in [-0.2, -0.15) is 4.99 Å². The van der Waals surface area contributed by atoms with E-state index in [-0.39, 0.29) is 12.3 Å². The monoisotopic (exact) mass is 378 g/mol. The predicted molar refractivity (Wildman–Crippen MR) is 110 cm³/mol. The van der Waals surface area contributed by atoms with E-state index in [9.17, 15) is 4.79 Å². The highest BCUT2D eigenvalue weighted by Crippen LogP contribution is 2.23. The highest BCUT2D eigenvalue weighted by molar-refractivity contribution is 7.16. The Balaban J connectivity index is 1.97. The van der Waals surface area contributed by atoms with Crippen LogP contribution in [0, 0.1) is 26.2 Å². The zero-order chi connectivity index (χ0) is 19.4. The number of carbonyl (C=O) groups excluding carboxylic acids is 1. The standard InChI is InChI=1S/C22H22N2O2S/c1-5-11-24-19-10-9-18(26-6-2)14-20(19)27-22(24)23-21(25)13-17-8-7-15(3)16(4)12-17/h1,7-10,12,14H,6,11,13H2,2-4H3. The van der Waals surface area contributed by atoms with Crippen molar-refractivity contribution in [1.29, 1.82) is 0 Å². The number of amides is 1. The number of carbonyl (C=O) groups is 1. The maximum absolute atomic E-state index is 12.5. The largest absolute Gasteiger partial charge is 0.494 e. The van der Waals surface area contributed by atoms with Crippen LogP contribution in [0.3, 0.4) is 0 Å². The second kappa shape index (κ2) is 8.24. The Bertz CT molecular complexity index is 1100. The molecule has 27 heavy (non-hydrogen) atoms. The van der Waals surface area contributed by atoms with Gasteiger partial charge in [-0.25, -0.2) is 0 Å². The van der Waals surface area contributed by atoms with Gasteiger partial charge in [-0.05, 0) is 55.7 Å². The van der Waals surface area contributed by atoms with E-state index < -0.39 is 0 Å². The average molecular weight is 378 g/mol. The first-order chi connectivity index (χ1) is 13.0. The van der Waals surface area contributed by atoms with Crippen molar-refractivity contribution < 1.29 is 9.53 Å². The molecule has 0 N–H and O–H groups in total. The van der Waals surface area contributed by atoms with Crippen molar-refractivity contribution in [2.45, 2.75) is 33.7 Å².